The van der Waals surface area contributed by atoms with Crippen molar-refractivity contribution in [3.05, 3.63) is 35.5 Å². The number of primary amides is 1. The minimum absolute atomic E-state index is 0.190. The Kier molecular flexibility index (Phi) is 6.19. The molecule has 1 aromatic rings. The number of carbonyl (C=O) groups is 1. The fourth-order valence-electron chi connectivity index (χ4n) is 0.501. The summed E-state index contributed by atoms with van der Waals surface area (Å²) in [6.45, 7) is 3.49. The second-order valence-electron chi connectivity index (χ2n) is 2.27. The Morgan fingerprint density at radius 3 is 2.67 bits per heavy atom. The normalized spacial score (nSPS) is 8.33. The van der Waals surface area contributed by atoms with Crippen molar-refractivity contribution in [3.63, 3.8) is 0 Å². The third-order valence-corrected chi connectivity index (χ3v) is 1.11. The summed E-state index contributed by atoms with van der Waals surface area (Å²) in [6.07, 6.45) is 3.51. The van der Waals surface area contributed by atoms with Crippen LogP contribution in [-0.4, -0.2) is 27.5 Å². The van der Waals surface area contributed by atoms with Gasteiger partial charge in [-0.2, -0.15) is 10.1 Å². The van der Waals surface area contributed by atoms with Gasteiger partial charge in [0.05, 0.1) is 12.4 Å². The van der Waals surface area contributed by atoms with Gasteiger partial charge in [0, 0.05) is 7.05 Å². The highest BCUT2D eigenvalue weighted by Gasteiger charge is 1.84. The van der Waals surface area contributed by atoms with Crippen LogP contribution >= 0.6 is 0 Å². The maximum Gasteiger partial charge on any atom is 0.404 e. The van der Waals surface area contributed by atoms with Crippen molar-refractivity contribution < 1.29 is 9.53 Å². The van der Waals surface area contributed by atoms with Crippen molar-refractivity contribution in [2.24, 2.45) is 12.8 Å². The lowest BCUT2D eigenvalue weighted by molar-refractivity contribution is 0.169. The average molecular weight is 212 g/mol. The molecular formula is C8H12N4O3. The van der Waals surface area contributed by atoms with Crippen LogP contribution in [0.5, 0.6) is 0 Å². The summed E-state index contributed by atoms with van der Waals surface area (Å²) in [5, 5.41) is 3.62. The molecule has 0 unspecified atom stereocenters. The summed E-state index contributed by atoms with van der Waals surface area (Å²) in [5.74, 6) is 0. The first-order chi connectivity index (χ1) is 7.07. The number of amides is 1. The topological polar surface area (TPSA) is 100 Å². The fourth-order valence-corrected chi connectivity index (χ4v) is 0.501. The summed E-state index contributed by atoms with van der Waals surface area (Å²) in [7, 11) is 1.55. The largest absolute Gasteiger partial charge is 0.445 e. The van der Waals surface area contributed by atoms with E-state index in [4.69, 9.17) is 0 Å². The molecule has 0 aliphatic heterocycles. The van der Waals surface area contributed by atoms with Gasteiger partial charge < -0.3 is 10.5 Å². The van der Waals surface area contributed by atoms with Crippen molar-refractivity contribution in [1.82, 2.24) is 14.8 Å². The Morgan fingerprint density at radius 1 is 1.73 bits per heavy atom. The number of aryl methyl sites for hydroxylation is 1. The molecule has 0 fully saturated rings. The number of hydrogen-bond donors (Lipinski definition) is 1. The van der Waals surface area contributed by atoms with E-state index >= 15 is 0 Å². The van der Waals surface area contributed by atoms with Gasteiger partial charge in [-0.25, -0.2) is 14.3 Å². The fraction of sp³-hybridized carbons (Fsp3) is 0.250. The molecule has 0 saturated heterocycles. The van der Waals surface area contributed by atoms with Crippen molar-refractivity contribution in [2.75, 3.05) is 6.61 Å². The smallest absolute Gasteiger partial charge is 0.404 e. The van der Waals surface area contributed by atoms with Crippen molar-refractivity contribution in [2.45, 2.75) is 0 Å². The summed E-state index contributed by atoms with van der Waals surface area (Å²) >= 11 is 0. The number of carbonyl (C=O) groups excluding carboxylic acids is 1. The minimum atomic E-state index is -0.764. The van der Waals surface area contributed by atoms with Gasteiger partial charge in [-0.3, -0.25) is 0 Å². The van der Waals surface area contributed by atoms with E-state index in [1.165, 1.54) is 23.2 Å². The van der Waals surface area contributed by atoms with Crippen LogP contribution in [0.1, 0.15) is 0 Å². The van der Waals surface area contributed by atoms with Crippen molar-refractivity contribution in [3.8, 4) is 0 Å². The Hall–Kier alpha value is -2.18. The zero-order chi connectivity index (χ0) is 11.7. The van der Waals surface area contributed by atoms with Gasteiger partial charge in [-0.15, -0.1) is 0 Å². The predicted octanol–water partition coefficient (Wildman–Crippen LogP) is -0.557. The van der Waals surface area contributed by atoms with E-state index in [0.717, 1.165) is 0 Å². The van der Waals surface area contributed by atoms with Crippen molar-refractivity contribution in [1.29, 1.82) is 0 Å². The molecular weight excluding hydrogens is 200 g/mol. The number of nitrogens with zero attached hydrogens (tertiary/aromatic N) is 3. The molecule has 0 aromatic carbocycles. The molecule has 0 aliphatic rings. The van der Waals surface area contributed by atoms with Crippen LogP contribution in [0.25, 0.3) is 0 Å². The molecule has 0 radical (unpaired) electrons. The molecule has 0 spiro atoms. The maximum atomic E-state index is 10.4. The number of nitrogens with two attached hydrogens (primary N) is 1. The third kappa shape index (κ3) is 6.94. The first-order valence-electron chi connectivity index (χ1n) is 3.95. The van der Waals surface area contributed by atoms with Gasteiger partial charge in [0.15, 0.2) is 0 Å². The van der Waals surface area contributed by atoms with Crippen LogP contribution in [-0.2, 0) is 11.8 Å². The Labute approximate surface area is 86.2 Å². The van der Waals surface area contributed by atoms with Crippen LogP contribution in [0, 0.1) is 0 Å². The molecule has 7 heteroatoms. The first kappa shape index (κ1) is 12.8. The molecule has 0 bridgehead atoms. The van der Waals surface area contributed by atoms with Crippen LogP contribution in [0.15, 0.2) is 29.8 Å². The molecule has 1 amide bonds. The standard InChI is InChI=1S/C4H5N3O.C4H7NO2/c1-7-4(8)5-2-3-6-7;1-2-3-7-4(5)6/h2-3H,1H3;2H,1,3H2,(H2,5,6). The summed E-state index contributed by atoms with van der Waals surface area (Å²) in [4.78, 5) is 23.5. The van der Waals surface area contributed by atoms with E-state index in [0.29, 0.717) is 0 Å². The summed E-state index contributed by atoms with van der Waals surface area (Å²) in [5.41, 5.74) is 4.24. The first-order valence-corrected chi connectivity index (χ1v) is 3.95. The van der Waals surface area contributed by atoms with E-state index in [1.54, 1.807) is 7.05 Å². The lowest BCUT2D eigenvalue weighted by atomic mass is 10.7. The van der Waals surface area contributed by atoms with E-state index < -0.39 is 6.09 Å². The molecule has 2 N–H and O–H groups in total. The van der Waals surface area contributed by atoms with Crippen molar-refractivity contribution >= 4 is 6.09 Å². The van der Waals surface area contributed by atoms with Gasteiger partial charge in [0.25, 0.3) is 0 Å². The number of rotatable bonds is 2. The zero-order valence-corrected chi connectivity index (χ0v) is 8.29. The van der Waals surface area contributed by atoms with Crippen LogP contribution in [0.4, 0.5) is 4.79 Å². The lowest BCUT2D eigenvalue weighted by Crippen LogP contribution is -2.20. The summed E-state index contributed by atoms with van der Waals surface area (Å²) in [6, 6.07) is 0. The average Bonchev–Trinajstić information content (AvgIpc) is 2.20. The molecule has 0 saturated carbocycles. The maximum absolute atomic E-state index is 10.4. The Balaban J connectivity index is 0.000000265. The molecule has 1 aromatic heterocycles. The van der Waals surface area contributed by atoms with Crippen LogP contribution in [0.3, 0.4) is 0 Å². The second-order valence-corrected chi connectivity index (χ2v) is 2.27. The molecule has 15 heavy (non-hydrogen) atoms. The van der Waals surface area contributed by atoms with Crippen LogP contribution in [0.2, 0.25) is 0 Å². The minimum Gasteiger partial charge on any atom is -0.445 e. The highest BCUT2D eigenvalue weighted by Crippen LogP contribution is 1.70. The number of aromatic nitrogens is 3. The molecule has 1 heterocycles. The molecule has 82 valence electrons. The SMILES string of the molecule is C=CCOC(N)=O.Cn1nccnc1=O. The second kappa shape index (κ2) is 7.25. The zero-order valence-electron chi connectivity index (χ0n) is 8.29. The Morgan fingerprint density at radius 2 is 2.40 bits per heavy atom. The number of hydrogen-bond acceptors (Lipinski definition) is 5. The van der Waals surface area contributed by atoms with E-state index in [1.807, 2.05) is 0 Å². The molecule has 0 atom stereocenters. The highest BCUT2D eigenvalue weighted by molar-refractivity contribution is 5.64. The summed E-state index contributed by atoms with van der Waals surface area (Å²) < 4.78 is 5.38. The lowest BCUT2D eigenvalue weighted by Gasteiger charge is -1.90. The molecule has 7 nitrogen and oxygen atoms in total. The van der Waals surface area contributed by atoms with E-state index in [9.17, 15) is 9.59 Å². The third-order valence-electron chi connectivity index (χ3n) is 1.11. The van der Waals surface area contributed by atoms with Gasteiger partial charge in [0.1, 0.15) is 6.61 Å². The van der Waals surface area contributed by atoms with E-state index in [-0.39, 0.29) is 12.3 Å². The van der Waals surface area contributed by atoms with Gasteiger partial charge >= 0.3 is 11.8 Å². The highest BCUT2D eigenvalue weighted by atomic mass is 16.5. The monoisotopic (exact) mass is 212 g/mol. The van der Waals surface area contributed by atoms with Crippen LogP contribution < -0.4 is 11.4 Å². The number of ether oxygens (including phenoxy) is 1. The molecule has 0 aliphatic carbocycles. The van der Waals surface area contributed by atoms with Gasteiger partial charge in [-0.1, -0.05) is 12.7 Å². The molecule has 1 rings (SSSR count). The predicted molar refractivity (Wildman–Crippen MR) is 53.0 cm³/mol. The van der Waals surface area contributed by atoms with Gasteiger partial charge in [-0.05, 0) is 0 Å². The Bertz CT molecular complexity index is 374. The quantitative estimate of drug-likeness (QED) is 0.662. The van der Waals surface area contributed by atoms with E-state index in [2.05, 4.69) is 27.1 Å². The van der Waals surface area contributed by atoms with Gasteiger partial charge in [0.2, 0.25) is 0 Å².